The Hall–Kier alpha value is 0.300. The quantitative estimate of drug-likeness (QED) is 0.449. The highest BCUT2D eigenvalue weighted by atomic mass is 79.9. The number of carbonyl (C=O) groups excluding carboxylic acids is 1. The number of ether oxygens (including phenoxy) is 1. The zero-order chi connectivity index (χ0) is 7.98. The molecule has 0 amide bonds. The van der Waals surface area contributed by atoms with E-state index in [1.54, 1.807) is 0 Å². The third-order valence-electron chi connectivity index (χ3n) is 0.950. The van der Waals surface area contributed by atoms with Crippen molar-refractivity contribution < 1.29 is 9.53 Å². The van der Waals surface area contributed by atoms with Crippen LogP contribution >= 0.6 is 28.6 Å². The van der Waals surface area contributed by atoms with Crippen molar-refractivity contribution in [2.45, 2.75) is 18.2 Å². The number of hydrogen-bond acceptors (Lipinski definition) is 3. The fraction of sp³-hybridized carbons (Fsp3) is 0.833. The molecule has 0 radical (unpaired) electrons. The van der Waals surface area contributed by atoms with E-state index in [0.717, 1.165) is 6.42 Å². The van der Waals surface area contributed by atoms with E-state index in [1.807, 2.05) is 6.92 Å². The molecule has 10 heavy (non-hydrogen) atoms. The maximum Gasteiger partial charge on any atom is 0.319 e. The van der Waals surface area contributed by atoms with Gasteiger partial charge in [-0.2, -0.15) is 12.6 Å². The van der Waals surface area contributed by atoms with Crippen molar-refractivity contribution >= 4 is 34.5 Å². The average molecular weight is 227 g/mol. The van der Waals surface area contributed by atoms with Gasteiger partial charge in [0.1, 0.15) is 11.4 Å². The largest absolute Gasteiger partial charge is 0.464 e. The Kier molecular flexibility index (Phi) is 6.22. The molecular weight excluding hydrogens is 216 g/mol. The standard InChI is InChI=1S/C6H11BrO2S/c1-2-5(7)6(8)9-3-4-10/h5,10H,2-4H2,1H3. The summed E-state index contributed by atoms with van der Waals surface area (Å²) in [4.78, 5) is 10.7. The third kappa shape index (κ3) is 4.17. The monoisotopic (exact) mass is 226 g/mol. The van der Waals surface area contributed by atoms with Gasteiger partial charge >= 0.3 is 5.97 Å². The lowest BCUT2D eigenvalue weighted by Crippen LogP contribution is -2.17. The molecule has 0 heterocycles. The summed E-state index contributed by atoms with van der Waals surface area (Å²) in [5.74, 6) is 0.381. The number of thiol groups is 1. The van der Waals surface area contributed by atoms with Gasteiger partial charge in [0.25, 0.3) is 0 Å². The van der Waals surface area contributed by atoms with Crippen LogP contribution in [0.3, 0.4) is 0 Å². The molecule has 0 N–H and O–H groups in total. The molecule has 0 rings (SSSR count). The van der Waals surface area contributed by atoms with Crippen LogP contribution in [0.4, 0.5) is 0 Å². The van der Waals surface area contributed by atoms with Crippen molar-refractivity contribution in [2.75, 3.05) is 12.4 Å². The smallest absolute Gasteiger partial charge is 0.319 e. The number of halogens is 1. The fourth-order valence-electron chi connectivity index (χ4n) is 0.403. The first kappa shape index (κ1) is 10.3. The molecule has 0 aromatic heterocycles. The van der Waals surface area contributed by atoms with E-state index < -0.39 is 0 Å². The van der Waals surface area contributed by atoms with E-state index in [4.69, 9.17) is 4.74 Å². The second-order valence-corrected chi connectivity index (χ2v) is 3.32. The summed E-state index contributed by atoms with van der Waals surface area (Å²) < 4.78 is 4.78. The SMILES string of the molecule is CCC(Br)C(=O)OCCS. The second-order valence-electron chi connectivity index (χ2n) is 1.77. The molecule has 0 aromatic carbocycles. The maximum absolute atomic E-state index is 10.8. The average Bonchev–Trinajstić information content (AvgIpc) is 1.98. The molecule has 0 aliphatic rings. The lowest BCUT2D eigenvalue weighted by Gasteiger charge is -2.05. The van der Waals surface area contributed by atoms with Crippen LogP contribution in [0.25, 0.3) is 0 Å². The van der Waals surface area contributed by atoms with Crippen LogP contribution in [0.15, 0.2) is 0 Å². The number of carbonyl (C=O) groups is 1. The fourth-order valence-corrected chi connectivity index (χ4v) is 0.627. The van der Waals surface area contributed by atoms with Crippen molar-refractivity contribution in [3.8, 4) is 0 Å². The summed E-state index contributed by atoms with van der Waals surface area (Å²) in [6.07, 6.45) is 0.755. The van der Waals surface area contributed by atoms with Crippen LogP contribution in [-0.4, -0.2) is 23.2 Å². The van der Waals surface area contributed by atoms with Crippen molar-refractivity contribution in [1.29, 1.82) is 0 Å². The number of alkyl halides is 1. The Morgan fingerprint density at radius 3 is 2.80 bits per heavy atom. The van der Waals surface area contributed by atoms with Gasteiger partial charge in [-0.15, -0.1) is 0 Å². The molecule has 1 atom stereocenters. The molecule has 0 saturated carbocycles. The van der Waals surface area contributed by atoms with Crippen LogP contribution in [0, 0.1) is 0 Å². The molecule has 0 aliphatic heterocycles. The molecule has 60 valence electrons. The Morgan fingerprint density at radius 1 is 1.80 bits per heavy atom. The van der Waals surface area contributed by atoms with Gasteiger partial charge in [0, 0.05) is 5.75 Å². The molecular formula is C6H11BrO2S. The Balaban J connectivity index is 3.42. The van der Waals surface area contributed by atoms with Crippen molar-refractivity contribution in [2.24, 2.45) is 0 Å². The highest BCUT2D eigenvalue weighted by Crippen LogP contribution is 2.05. The van der Waals surface area contributed by atoms with Gasteiger partial charge in [-0.25, -0.2) is 0 Å². The minimum absolute atomic E-state index is 0.160. The van der Waals surface area contributed by atoms with E-state index >= 15 is 0 Å². The summed E-state index contributed by atoms with van der Waals surface area (Å²) in [6.45, 7) is 2.31. The van der Waals surface area contributed by atoms with E-state index in [0.29, 0.717) is 12.4 Å². The van der Waals surface area contributed by atoms with Crippen LogP contribution in [0.2, 0.25) is 0 Å². The van der Waals surface area contributed by atoms with Crippen molar-refractivity contribution in [1.82, 2.24) is 0 Å². The summed E-state index contributed by atoms with van der Waals surface area (Å²) in [7, 11) is 0. The van der Waals surface area contributed by atoms with Crippen molar-refractivity contribution in [3.63, 3.8) is 0 Å². The first-order chi connectivity index (χ1) is 4.72. The van der Waals surface area contributed by atoms with Crippen LogP contribution < -0.4 is 0 Å². The van der Waals surface area contributed by atoms with Gasteiger partial charge in [0.05, 0.1) is 0 Å². The highest BCUT2D eigenvalue weighted by Gasteiger charge is 2.12. The zero-order valence-corrected chi connectivity index (χ0v) is 8.32. The minimum Gasteiger partial charge on any atom is -0.464 e. The Labute approximate surface area is 74.9 Å². The van der Waals surface area contributed by atoms with Crippen LogP contribution in [-0.2, 0) is 9.53 Å². The van der Waals surface area contributed by atoms with E-state index in [-0.39, 0.29) is 10.8 Å². The number of esters is 1. The summed E-state index contributed by atoms with van der Waals surface area (Å²) in [6, 6.07) is 0. The zero-order valence-electron chi connectivity index (χ0n) is 5.84. The van der Waals surface area contributed by atoms with E-state index in [2.05, 4.69) is 28.6 Å². The Morgan fingerprint density at radius 2 is 2.40 bits per heavy atom. The van der Waals surface area contributed by atoms with Gasteiger partial charge in [-0.05, 0) is 6.42 Å². The molecule has 1 unspecified atom stereocenters. The van der Waals surface area contributed by atoms with Gasteiger partial charge in [0.15, 0.2) is 0 Å². The summed E-state index contributed by atoms with van der Waals surface area (Å²) in [5, 5.41) is 0. The van der Waals surface area contributed by atoms with Gasteiger partial charge in [-0.3, -0.25) is 4.79 Å². The topological polar surface area (TPSA) is 26.3 Å². The number of hydrogen-bond donors (Lipinski definition) is 1. The second kappa shape index (κ2) is 6.04. The molecule has 0 saturated heterocycles. The molecule has 0 bridgehead atoms. The molecule has 4 heteroatoms. The normalized spacial score (nSPS) is 12.7. The van der Waals surface area contributed by atoms with E-state index in [9.17, 15) is 4.79 Å². The maximum atomic E-state index is 10.8. The molecule has 0 spiro atoms. The van der Waals surface area contributed by atoms with Gasteiger partial charge in [-0.1, -0.05) is 22.9 Å². The lowest BCUT2D eigenvalue weighted by atomic mass is 10.3. The van der Waals surface area contributed by atoms with Crippen LogP contribution in [0.5, 0.6) is 0 Å². The summed E-state index contributed by atoms with van der Waals surface area (Å²) >= 11 is 7.07. The van der Waals surface area contributed by atoms with Gasteiger partial charge in [0.2, 0.25) is 0 Å². The first-order valence-electron chi connectivity index (χ1n) is 3.14. The molecule has 2 nitrogen and oxygen atoms in total. The van der Waals surface area contributed by atoms with Gasteiger partial charge < -0.3 is 4.74 Å². The third-order valence-corrected chi connectivity index (χ3v) is 2.15. The first-order valence-corrected chi connectivity index (χ1v) is 4.68. The predicted molar refractivity (Wildman–Crippen MR) is 47.8 cm³/mol. The molecule has 0 fully saturated rings. The van der Waals surface area contributed by atoms with E-state index in [1.165, 1.54) is 0 Å². The van der Waals surface area contributed by atoms with Crippen molar-refractivity contribution in [3.05, 3.63) is 0 Å². The summed E-state index contributed by atoms with van der Waals surface area (Å²) in [5.41, 5.74) is 0. The lowest BCUT2D eigenvalue weighted by molar-refractivity contribution is -0.142. The van der Waals surface area contributed by atoms with Crippen LogP contribution in [0.1, 0.15) is 13.3 Å². The highest BCUT2D eigenvalue weighted by molar-refractivity contribution is 9.10. The molecule has 0 aromatic rings. The predicted octanol–water partition coefficient (Wildman–Crippen LogP) is 1.63. The molecule has 0 aliphatic carbocycles. The number of rotatable bonds is 4. The minimum atomic E-state index is -0.198. The Bertz CT molecular complexity index is 108.